The fourth-order valence-electron chi connectivity index (χ4n) is 4.16. The molecule has 37 heavy (non-hydrogen) atoms. The zero-order valence-corrected chi connectivity index (χ0v) is 23.0. The lowest BCUT2D eigenvalue weighted by Gasteiger charge is -2.33. The topological polar surface area (TPSA) is 81.5 Å². The van der Waals surface area contributed by atoms with Crippen molar-refractivity contribution in [2.45, 2.75) is 44.2 Å². The Balaban J connectivity index is 1.77. The van der Waals surface area contributed by atoms with Crippen LogP contribution in [0.5, 0.6) is 0 Å². The number of anilines is 1. The highest BCUT2D eigenvalue weighted by Crippen LogP contribution is 2.32. The minimum Gasteiger partial charge on any atom is -0.458 e. The molecule has 0 aliphatic heterocycles. The third-order valence-electron chi connectivity index (χ3n) is 5.75. The number of carbonyl (C=O) groups is 1. The summed E-state index contributed by atoms with van der Waals surface area (Å²) in [7, 11) is -4.14. The molecule has 1 heterocycles. The predicted octanol–water partition coefficient (Wildman–Crippen LogP) is 6.12. The van der Waals surface area contributed by atoms with Crippen molar-refractivity contribution in [1.82, 2.24) is 9.55 Å². The molecule has 0 amide bonds. The number of aromatic nitrogens is 2. The van der Waals surface area contributed by atoms with Crippen molar-refractivity contribution in [3.63, 3.8) is 0 Å². The van der Waals surface area contributed by atoms with E-state index in [1.807, 2.05) is 22.8 Å². The quantitative estimate of drug-likeness (QED) is 0.230. The minimum absolute atomic E-state index is 0.0682. The molecule has 7 nitrogen and oxygen atoms in total. The van der Waals surface area contributed by atoms with E-state index in [1.165, 1.54) is 35.0 Å². The summed E-state index contributed by atoms with van der Waals surface area (Å²) in [5.74, 6) is -0.511. The van der Waals surface area contributed by atoms with E-state index >= 15 is 0 Å². The summed E-state index contributed by atoms with van der Waals surface area (Å²) in [6, 6.07) is 19.5. The molecule has 194 valence electrons. The van der Waals surface area contributed by atoms with E-state index in [-0.39, 0.29) is 21.5 Å². The average molecular weight is 561 g/mol. The largest absolute Gasteiger partial charge is 0.458 e. The Bertz CT molecular complexity index is 1520. The highest BCUT2D eigenvalue weighted by atomic mass is 35.5. The van der Waals surface area contributed by atoms with Crippen LogP contribution in [0.15, 0.2) is 78.0 Å². The molecule has 0 aliphatic carbocycles. The Labute approximate surface area is 226 Å². The molecule has 0 aliphatic rings. The number of benzene rings is 3. The van der Waals surface area contributed by atoms with Gasteiger partial charge >= 0.3 is 5.97 Å². The Kier molecular flexibility index (Phi) is 7.83. The number of nitrogens with zero attached hydrogens (tertiary/aromatic N) is 3. The number of imidazole rings is 1. The van der Waals surface area contributed by atoms with E-state index < -0.39 is 21.6 Å². The first-order chi connectivity index (χ1) is 17.4. The number of hydrogen-bond acceptors (Lipinski definition) is 5. The second-order valence-electron chi connectivity index (χ2n) is 9.32. The molecule has 0 spiro atoms. The molecule has 0 unspecified atom stereocenters. The molecule has 4 aromatic rings. The number of sulfonamides is 1. The maximum absolute atomic E-state index is 13.9. The zero-order chi connectivity index (χ0) is 26.8. The van der Waals surface area contributed by atoms with Gasteiger partial charge in [0.25, 0.3) is 10.0 Å². The van der Waals surface area contributed by atoms with Crippen LogP contribution in [0.2, 0.25) is 10.0 Å². The molecule has 3 aromatic carbocycles. The second kappa shape index (κ2) is 10.7. The second-order valence-corrected chi connectivity index (χ2v) is 12.1. The molecular formula is C27H27Cl2N3O4S. The normalized spacial score (nSPS) is 12.0. The van der Waals surface area contributed by atoms with E-state index in [2.05, 4.69) is 17.1 Å². The highest BCUT2D eigenvalue weighted by Gasteiger charge is 2.34. The molecule has 1 aromatic heterocycles. The summed E-state index contributed by atoms with van der Waals surface area (Å²) in [5.41, 5.74) is 1.97. The van der Waals surface area contributed by atoms with Crippen LogP contribution >= 0.6 is 23.2 Å². The number of fused-ring (bicyclic) bond motifs is 1. The van der Waals surface area contributed by atoms with Gasteiger partial charge in [0, 0.05) is 23.5 Å². The number of rotatable bonds is 9. The summed E-state index contributed by atoms with van der Waals surface area (Å²) in [6.07, 6.45) is 2.54. The van der Waals surface area contributed by atoms with Crippen molar-refractivity contribution in [3.8, 4) is 0 Å². The number of esters is 1. The summed E-state index contributed by atoms with van der Waals surface area (Å²) in [6.45, 7) is 5.13. The molecule has 10 heteroatoms. The molecule has 0 saturated heterocycles. The van der Waals surface area contributed by atoms with E-state index in [0.29, 0.717) is 12.2 Å². The van der Waals surface area contributed by atoms with Gasteiger partial charge in [0.1, 0.15) is 5.60 Å². The number of halogens is 2. The summed E-state index contributed by atoms with van der Waals surface area (Å²) in [4.78, 5) is 16.1. The molecule has 4 rings (SSSR count). The van der Waals surface area contributed by atoms with Crippen LogP contribution in [-0.4, -0.2) is 36.1 Å². The van der Waals surface area contributed by atoms with Crippen molar-refractivity contribution in [2.24, 2.45) is 0 Å². The van der Waals surface area contributed by atoms with Gasteiger partial charge < -0.3 is 9.30 Å². The Morgan fingerprint density at radius 2 is 1.70 bits per heavy atom. The first-order valence-corrected chi connectivity index (χ1v) is 13.8. The zero-order valence-electron chi connectivity index (χ0n) is 20.7. The highest BCUT2D eigenvalue weighted by molar-refractivity contribution is 7.92. The van der Waals surface area contributed by atoms with Gasteiger partial charge in [-0.05, 0) is 62.2 Å². The van der Waals surface area contributed by atoms with Gasteiger partial charge in [0.15, 0.2) is 0 Å². The van der Waals surface area contributed by atoms with Crippen LogP contribution in [0.25, 0.3) is 11.0 Å². The van der Waals surface area contributed by atoms with Crippen LogP contribution in [-0.2, 0) is 32.5 Å². The molecular weight excluding hydrogens is 533 g/mol. The predicted molar refractivity (Wildman–Crippen MR) is 147 cm³/mol. The lowest BCUT2D eigenvalue weighted by Crippen LogP contribution is -2.44. The van der Waals surface area contributed by atoms with Crippen molar-refractivity contribution < 1.29 is 17.9 Å². The fraction of sp³-hybridized carbons (Fsp3) is 0.259. The standard InChI is InChI=1S/C27H27Cl2N3O4S/c1-19(33)36-27(2,3)17-32(37(34,35)24-14-21(28)13-22(29)15-24)23-9-10-25-26(16-23)31(18-30-25)12-11-20-7-5-4-6-8-20/h4-10,13-16,18H,11-12,17H2,1-3H3. The van der Waals surface area contributed by atoms with Crippen molar-refractivity contribution >= 4 is 55.9 Å². The molecule has 0 atom stereocenters. The van der Waals surface area contributed by atoms with Crippen molar-refractivity contribution in [1.29, 1.82) is 0 Å². The molecule has 0 saturated carbocycles. The summed E-state index contributed by atoms with van der Waals surface area (Å²) >= 11 is 12.3. The van der Waals surface area contributed by atoms with Crippen LogP contribution in [0.4, 0.5) is 5.69 Å². The number of carbonyl (C=O) groups excluding carboxylic acids is 1. The molecule has 0 radical (unpaired) electrons. The first-order valence-electron chi connectivity index (χ1n) is 11.6. The maximum Gasteiger partial charge on any atom is 0.303 e. The van der Waals surface area contributed by atoms with Gasteiger partial charge in [-0.2, -0.15) is 0 Å². The third-order valence-corrected chi connectivity index (χ3v) is 7.93. The van der Waals surface area contributed by atoms with Gasteiger partial charge in [0.05, 0.1) is 34.5 Å². The smallest absolute Gasteiger partial charge is 0.303 e. The molecule has 0 N–H and O–H groups in total. The van der Waals surface area contributed by atoms with Crippen LogP contribution < -0.4 is 4.31 Å². The SMILES string of the molecule is CC(=O)OC(C)(C)CN(c1ccc2ncn(CCc3ccccc3)c2c1)S(=O)(=O)c1cc(Cl)cc(Cl)c1. The molecule has 0 fully saturated rings. The lowest BCUT2D eigenvalue weighted by molar-refractivity contribution is -0.152. The Morgan fingerprint density at radius 1 is 1.03 bits per heavy atom. The Morgan fingerprint density at radius 3 is 2.35 bits per heavy atom. The van der Waals surface area contributed by atoms with Gasteiger partial charge in [-0.1, -0.05) is 53.5 Å². The lowest BCUT2D eigenvalue weighted by atomic mass is 10.1. The van der Waals surface area contributed by atoms with Crippen molar-refractivity contribution in [3.05, 3.63) is 88.7 Å². The number of aryl methyl sites for hydroxylation is 2. The molecule has 0 bridgehead atoms. The summed E-state index contributed by atoms with van der Waals surface area (Å²) in [5, 5.41) is 0.388. The Hall–Kier alpha value is -3.07. The third kappa shape index (κ3) is 6.44. The van der Waals surface area contributed by atoms with Gasteiger partial charge in [-0.15, -0.1) is 0 Å². The van der Waals surface area contributed by atoms with Gasteiger partial charge in [-0.25, -0.2) is 13.4 Å². The monoisotopic (exact) mass is 559 g/mol. The average Bonchev–Trinajstić information content (AvgIpc) is 3.22. The van der Waals surface area contributed by atoms with E-state index in [4.69, 9.17) is 27.9 Å². The number of ether oxygens (including phenoxy) is 1. The fourth-order valence-corrected chi connectivity index (χ4v) is 6.49. The van der Waals surface area contributed by atoms with Crippen LogP contribution in [0, 0.1) is 0 Å². The summed E-state index contributed by atoms with van der Waals surface area (Å²) < 4.78 is 36.5. The maximum atomic E-state index is 13.9. The van der Waals surface area contributed by atoms with Crippen molar-refractivity contribution in [2.75, 3.05) is 10.8 Å². The van der Waals surface area contributed by atoms with Crippen LogP contribution in [0.1, 0.15) is 26.3 Å². The van der Waals surface area contributed by atoms with Gasteiger partial charge in [-0.3, -0.25) is 9.10 Å². The van der Waals surface area contributed by atoms with E-state index in [1.54, 1.807) is 38.4 Å². The van der Waals surface area contributed by atoms with E-state index in [9.17, 15) is 13.2 Å². The van der Waals surface area contributed by atoms with E-state index in [0.717, 1.165) is 17.5 Å². The van der Waals surface area contributed by atoms with Crippen LogP contribution in [0.3, 0.4) is 0 Å². The number of hydrogen-bond donors (Lipinski definition) is 0. The minimum atomic E-state index is -4.14. The first kappa shape index (κ1) is 27.0. The van der Waals surface area contributed by atoms with Gasteiger partial charge in [0.2, 0.25) is 0 Å².